The number of aromatic nitrogens is 3. The molecule has 2 heterocycles. The van der Waals surface area contributed by atoms with Gasteiger partial charge in [-0.15, -0.1) is 5.10 Å². The van der Waals surface area contributed by atoms with Crippen LogP contribution in [0.5, 0.6) is 5.75 Å². The minimum absolute atomic E-state index is 0.125. The number of aromatic amines is 1. The van der Waals surface area contributed by atoms with E-state index in [4.69, 9.17) is 9.47 Å². The fourth-order valence-electron chi connectivity index (χ4n) is 4.27. The first-order valence-electron chi connectivity index (χ1n) is 10.5. The van der Waals surface area contributed by atoms with Gasteiger partial charge in [-0.05, 0) is 60.6 Å². The van der Waals surface area contributed by atoms with Crippen molar-refractivity contribution in [3.8, 4) is 17.0 Å². The molecule has 4 aromatic rings. The minimum atomic E-state index is -0.125. The highest BCUT2D eigenvalue weighted by Crippen LogP contribution is 2.40. The maximum Gasteiger partial charge on any atom is 0.306 e. The number of H-pyrrole nitrogens is 1. The number of carbonyl (C=O) groups is 1. The molecule has 5 rings (SSSR count). The van der Waals surface area contributed by atoms with Crippen LogP contribution in [0.2, 0.25) is 0 Å². The van der Waals surface area contributed by atoms with Gasteiger partial charge >= 0.3 is 5.97 Å². The zero-order valence-corrected chi connectivity index (χ0v) is 18.1. The number of ether oxygens (including phenoxy) is 2. The Balaban J connectivity index is 1.29. The molecule has 0 saturated carbocycles. The van der Waals surface area contributed by atoms with Gasteiger partial charge < -0.3 is 14.5 Å². The smallest absolute Gasteiger partial charge is 0.306 e. The monoisotopic (exact) mass is 433 g/mol. The SMILES string of the molecule is CCOC(=O)CC1CCc2c1[nH]c1ccc(OCc3ccc(-c4csnn4)cc3)cc21. The Hall–Kier alpha value is -3.19. The van der Waals surface area contributed by atoms with Crippen LogP contribution >= 0.6 is 11.5 Å². The first kappa shape index (κ1) is 19.8. The fraction of sp³-hybridized carbons (Fsp3) is 0.292. The first-order chi connectivity index (χ1) is 15.2. The van der Waals surface area contributed by atoms with Crippen molar-refractivity contribution in [2.75, 3.05) is 6.61 Å². The summed E-state index contributed by atoms with van der Waals surface area (Å²) in [6, 6.07) is 14.4. The number of carbonyl (C=O) groups excluding carboxylic acids is 1. The zero-order chi connectivity index (χ0) is 21.2. The highest BCUT2D eigenvalue weighted by Gasteiger charge is 2.29. The third kappa shape index (κ3) is 4.05. The molecule has 6 nitrogen and oxygen atoms in total. The molecular formula is C24H23N3O3S. The molecule has 0 radical (unpaired) electrons. The molecule has 2 aromatic carbocycles. The maximum absolute atomic E-state index is 11.9. The van der Waals surface area contributed by atoms with Gasteiger partial charge in [0.25, 0.3) is 0 Å². The lowest BCUT2D eigenvalue weighted by Crippen LogP contribution is -2.08. The van der Waals surface area contributed by atoms with E-state index >= 15 is 0 Å². The van der Waals surface area contributed by atoms with Crippen LogP contribution in [-0.2, 0) is 22.6 Å². The number of nitrogens with one attached hydrogen (secondary N) is 1. The zero-order valence-electron chi connectivity index (χ0n) is 17.3. The highest BCUT2D eigenvalue weighted by atomic mass is 32.1. The second-order valence-electron chi connectivity index (χ2n) is 7.75. The number of aryl methyl sites for hydroxylation is 1. The first-order valence-corrected chi connectivity index (χ1v) is 11.3. The Kier molecular flexibility index (Phi) is 5.42. The predicted octanol–water partition coefficient (Wildman–Crippen LogP) is 5.25. The quantitative estimate of drug-likeness (QED) is 0.403. The van der Waals surface area contributed by atoms with Crippen LogP contribution < -0.4 is 4.74 Å². The number of hydrogen-bond acceptors (Lipinski definition) is 6. The lowest BCUT2D eigenvalue weighted by Gasteiger charge is -2.09. The van der Waals surface area contributed by atoms with E-state index in [0.29, 0.717) is 19.6 Å². The summed E-state index contributed by atoms with van der Waals surface area (Å²) >= 11 is 1.35. The number of esters is 1. The van der Waals surface area contributed by atoms with E-state index in [0.717, 1.165) is 40.9 Å². The number of rotatable bonds is 7. The standard InChI is InChI=1S/C24H23N3O3S/c1-2-29-23(28)11-17-7-9-19-20-12-18(8-10-21(20)25-24(17)19)30-13-15-3-5-16(6-4-15)22-14-31-27-26-22/h3-6,8,10,12,14,17,25H,2,7,9,11,13H2,1H3. The molecule has 31 heavy (non-hydrogen) atoms. The molecule has 0 saturated heterocycles. The molecule has 1 N–H and O–H groups in total. The summed E-state index contributed by atoms with van der Waals surface area (Å²) in [6.45, 7) is 2.77. The fourth-order valence-corrected chi connectivity index (χ4v) is 4.74. The number of fused-ring (bicyclic) bond motifs is 3. The molecule has 1 aliphatic carbocycles. The van der Waals surface area contributed by atoms with Crippen molar-refractivity contribution in [1.82, 2.24) is 14.6 Å². The van der Waals surface area contributed by atoms with Crippen LogP contribution in [0.25, 0.3) is 22.2 Å². The molecule has 0 fully saturated rings. The summed E-state index contributed by atoms with van der Waals surface area (Å²) < 4.78 is 15.1. The summed E-state index contributed by atoms with van der Waals surface area (Å²) in [6.07, 6.45) is 2.38. The Morgan fingerprint density at radius 3 is 2.87 bits per heavy atom. The molecule has 0 aliphatic heterocycles. The Bertz CT molecular complexity index is 1200. The van der Waals surface area contributed by atoms with E-state index in [1.165, 1.54) is 28.2 Å². The minimum Gasteiger partial charge on any atom is -0.489 e. The molecule has 0 spiro atoms. The highest BCUT2D eigenvalue weighted by molar-refractivity contribution is 7.03. The third-order valence-electron chi connectivity index (χ3n) is 5.80. The Morgan fingerprint density at radius 2 is 2.10 bits per heavy atom. The molecule has 7 heteroatoms. The average molecular weight is 434 g/mol. The Labute approximate surface area is 184 Å². The topological polar surface area (TPSA) is 77.1 Å². The number of hydrogen-bond donors (Lipinski definition) is 1. The summed E-state index contributed by atoms with van der Waals surface area (Å²) in [5.74, 6) is 0.924. The number of benzene rings is 2. The molecule has 0 bridgehead atoms. The van der Waals surface area contributed by atoms with Gasteiger partial charge in [0.1, 0.15) is 18.1 Å². The van der Waals surface area contributed by atoms with Gasteiger partial charge in [0.15, 0.2) is 0 Å². The van der Waals surface area contributed by atoms with Gasteiger partial charge in [0, 0.05) is 33.5 Å². The third-order valence-corrected chi connectivity index (χ3v) is 6.30. The number of nitrogens with zero attached hydrogens (tertiary/aromatic N) is 2. The van der Waals surface area contributed by atoms with Crippen LogP contribution in [0.3, 0.4) is 0 Å². The molecule has 1 aliphatic rings. The van der Waals surface area contributed by atoms with Crippen molar-refractivity contribution in [2.45, 2.75) is 38.7 Å². The van der Waals surface area contributed by atoms with E-state index in [1.54, 1.807) is 0 Å². The average Bonchev–Trinajstić information content (AvgIpc) is 3.51. The maximum atomic E-state index is 11.9. The van der Waals surface area contributed by atoms with Crippen molar-refractivity contribution < 1.29 is 14.3 Å². The normalized spacial score (nSPS) is 15.2. The van der Waals surface area contributed by atoms with Crippen molar-refractivity contribution in [1.29, 1.82) is 0 Å². The van der Waals surface area contributed by atoms with Crippen molar-refractivity contribution in [2.24, 2.45) is 0 Å². The van der Waals surface area contributed by atoms with Gasteiger partial charge in [-0.2, -0.15) is 0 Å². The summed E-state index contributed by atoms with van der Waals surface area (Å²) in [5.41, 5.74) is 6.61. The summed E-state index contributed by atoms with van der Waals surface area (Å²) in [4.78, 5) is 15.4. The Morgan fingerprint density at radius 1 is 1.23 bits per heavy atom. The van der Waals surface area contributed by atoms with Crippen LogP contribution in [-0.4, -0.2) is 27.1 Å². The van der Waals surface area contributed by atoms with E-state index in [9.17, 15) is 4.79 Å². The van der Waals surface area contributed by atoms with Gasteiger partial charge in [0.2, 0.25) is 0 Å². The molecular weight excluding hydrogens is 410 g/mol. The molecule has 1 unspecified atom stereocenters. The van der Waals surface area contributed by atoms with E-state index in [1.807, 2.05) is 30.5 Å². The van der Waals surface area contributed by atoms with Gasteiger partial charge in [-0.25, -0.2) is 0 Å². The van der Waals surface area contributed by atoms with E-state index in [2.05, 4.69) is 38.8 Å². The molecule has 0 amide bonds. The lowest BCUT2D eigenvalue weighted by molar-refractivity contribution is -0.143. The van der Waals surface area contributed by atoms with Crippen molar-refractivity contribution in [3.05, 3.63) is 64.7 Å². The van der Waals surface area contributed by atoms with Gasteiger partial charge in [0.05, 0.1) is 13.0 Å². The van der Waals surface area contributed by atoms with Crippen LogP contribution in [0.15, 0.2) is 47.8 Å². The largest absolute Gasteiger partial charge is 0.489 e. The van der Waals surface area contributed by atoms with Crippen LogP contribution in [0.1, 0.15) is 42.5 Å². The summed E-state index contributed by atoms with van der Waals surface area (Å²) in [5, 5.41) is 7.22. The van der Waals surface area contributed by atoms with Crippen molar-refractivity contribution >= 4 is 28.4 Å². The van der Waals surface area contributed by atoms with E-state index < -0.39 is 0 Å². The van der Waals surface area contributed by atoms with Gasteiger partial charge in [-0.1, -0.05) is 28.8 Å². The summed E-state index contributed by atoms with van der Waals surface area (Å²) in [7, 11) is 0. The van der Waals surface area contributed by atoms with Crippen LogP contribution in [0.4, 0.5) is 0 Å². The van der Waals surface area contributed by atoms with Gasteiger partial charge in [-0.3, -0.25) is 4.79 Å². The molecule has 2 aromatic heterocycles. The lowest BCUT2D eigenvalue weighted by atomic mass is 10.0. The van der Waals surface area contributed by atoms with E-state index in [-0.39, 0.29) is 11.9 Å². The van der Waals surface area contributed by atoms with Crippen molar-refractivity contribution in [3.63, 3.8) is 0 Å². The second kappa shape index (κ2) is 8.51. The molecule has 158 valence electrons. The van der Waals surface area contributed by atoms with Crippen LogP contribution in [0, 0.1) is 0 Å². The molecule has 1 atom stereocenters. The second-order valence-corrected chi connectivity index (χ2v) is 8.35. The predicted molar refractivity (Wildman–Crippen MR) is 120 cm³/mol.